The number of nitrogens with one attached hydrogen (secondary N) is 2. The minimum Gasteiger partial charge on any atom is -0.373 e. The summed E-state index contributed by atoms with van der Waals surface area (Å²) in [7, 11) is 0. The third-order valence-electron chi connectivity index (χ3n) is 4.18. The molecule has 1 aliphatic heterocycles. The average Bonchev–Trinajstić information content (AvgIpc) is 3.20. The van der Waals surface area contributed by atoms with Crippen LogP contribution in [0, 0.1) is 12.8 Å². The van der Waals surface area contributed by atoms with Crippen LogP contribution in [0.15, 0.2) is 18.6 Å². The Morgan fingerprint density at radius 1 is 1.48 bits per heavy atom. The molecule has 1 aliphatic rings. The van der Waals surface area contributed by atoms with E-state index in [1.165, 1.54) is 11.1 Å². The van der Waals surface area contributed by atoms with Crippen LogP contribution in [0.25, 0.3) is 0 Å². The Balaban J connectivity index is 1.55. The van der Waals surface area contributed by atoms with Gasteiger partial charge < -0.3 is 10.1 Å². The van der Waals surface area contributed by atoms with E-state index in [9.17, 15) is 0 Å². The topological polar surface area (TPSA) is 67.8 Å². The Hall–Kier alpha value is -1.66. The molecule has 0 amide bonds. The number of aromatic nitrogens is 4. The van der Waals surface area contributed by atoms with E-state index >= 15 is 0 Å². The lowest BCUT2D eigenvalue weighted by Crippen LogP contribution is -2.24. The van der Waals surface area contributed by atoms with Crippen LogP contribution < -0.4 is 5.32 Å². The maximum atomic E-state index is 5.91. The van der Waals surface area contributed by atoms with Crippen molar-refractivity contribution in [2.45, 2.75) is 39.5 Å². The normalized spacial score (nSPS) is 22.0. The molecule has 2 aromatic heterocycles. The molecule has 0 unspecified atom stereocenters. The fraction of sp³-hybridized carbons (Fsp3) is 0.600. The number of hydrogen-bond acceptors (Lipinski definition) is 4. The molecule has 114 valence electrons. The van der Waals surface area contributed by atoms with Gasteiger partial charge in [-0.15, -0.1) is 0 Å². The molecule has 21 heavy (non-hydrogen) atoms. The molecule has 0 aromatic carbocycles. The van der Waals surface area contributed by atoms with Gasteiger partial charge >= 0.3 is 0 Å². The largest absolute Gasteiger partial charge is 0.373 e. The highest BCUT2D eigenvalue weighted by Crippen LogP contribution is 2.33. The van der Waals surface area contributed by atoms with Crippen molar-refractivity contribution in [1.29, 1.82) is 0 Å². The van der Waals surface area contributed by atoms with Gasteiger partial charge in [0.15, 0.2) is 0 Å². The van der Waals surface area contributed by atoms with Gasteiger partial charge in [0.2, 0.25) is 0 Å². The minimum absolute atomic E-state index is 0.170. The summed E-state index contributed by atoms with van der Waals surface area (Å²) in [4.78, 5) is 0. The van der Waals surface area contributed by atoms with E-state index in [-0.39, 0.29) is 6.10 Å². The third-order valence-corrected chi connectivity index (χ3v) is 4.18. The number of hydrogen-bond donors (Lipinski definition) is 2. The van der Waals surface area contributed by atoms with Crippen molar-refractivity contribution in [3.05, 3.63) is 35.4 Å². The zero-order valence-corrected chi connectivity index (χ0v) is 12.7. The van der Waals surface area contributed by atoms with Crippen molar-refractivity contribution >= 4 is 0 Å². The van der Waals surface area contributed by atoms with Crippen molar-refractivity contribution in [3.63, 3.8) is 0 Å². The average molecular weight is 289 g/mol. The first-order valence-electron chi connectivity index (χ1n) is 7.61. The highest BCUT2D eigenvalue weighted by atomic mass is 16.5. The molecule has 1 fully saturated rings. The summed E-state index contributed by atoms with van der Waals surface area (Å²) >= 11 is 0. The zero-order valence-electron chi connectivity index (χ0n) is 12.7. The summed E-state index contributed by atoms with van der Waals surface area (Å²) in [6.07, 6.45) is 7.19. The van der Waals surface area contributed by atoms with Gasteiger partial charge in [-0.3, -0.25) is 9.78 Å². The molecule has 6 nitrogen and oxygen atoms in total. The number of nitrogens with zero attached hydrogens (tertiary/aromatic N) is 3. The van der Waals surface area contributed by atoms with Gasteiger partial charge in [0.25, 0.3) is 0 Å². The lowest BCUT2D eigenvalue weighted by molar-refractivity contribution is 0.0904. The standard InChI is InChI=1S/C15H23N5O/c1-3-20-10-14(9-18-20)15-12(4-5-21-15)6-16-7-13-8-17-19-11(13)2/h8-10,12,15-16H,3-7H2,1-2H3,(H,17,19)/t12-,15+/m0/s1. The fourth-order valence-electron chi connectivity index (χ4n) is 2.86. The molecule has 0 radical (unpaired) electrons. The van der Waals surface area contributed by atoms with Crippen molar-refractivity contribution in [2.24, 2.45) is 5.92 Å². The van der Waals surface area contributed by atoms with Crippen LogP contribution >= 0.6 is 0 Å². The maximum Gasteiger partial charge on any atom is 0.0896 e. The van der Waals surface area contributed by atoms with Crippen LogP contribution in [-0.4, -0.2) is 33.1 Å². The van der Waals surface area contributed by atoms with Gasteiger partial charge in [0, 0.05) is 55.2 Å². The van der Waals surface area contributed by atoms with Gasteiger partial charge in [-0.25, -0.2) is 0 Å². The van der Waals surface area contributed by atoms with Crippen molar-refractivity contribution in [1.82, 2.24) is 25.3 Å². The van der Waals surface area contributed by atoms with E-state index in [4.69, 9.17) is 4.74 Å². The SMILES string of the molecule is CCn1cc([C@@H]2OCC[C@H]2CNCc2cn[nH]c2C)cn1. The van der Waals surface area contributed by atoms with Gasteiger partial charge in [0.05, 0.1) is 18.5 Å². The van der Waals surface area contributed by atoms with E-state index in [1.807, 2.05) is 24.0 Å². The second kappa shape index (κ2) is 6.41. The molecule has 2 atom stereocenters. The number of aryl methyl sites for hydroxylation is 2. The Bertz CT molecular complexity index is 576. The number of rotatable bonds is 6. The van der Waals surface area contributed by atoms with E-state index < -0.39 is 0 Å². The van der Waals surface area contributed by atoms with Crippen LogP contribution in [-0.2, 0) is 17.8 Å². The highest BCUT2D eigenvalue weighted by Gasteiger charge is 2.30. The third kappa shape index (κ3) is 3.16. The second-order valence-corrected chi connectivity index (χ2v) is 5.62. The predicted octanol–water partition coefficient (Wildman–Crippen LogP) is 1.80. The summed E-state index contributed by atoms with van der Waals surface area (Å²) in [5.74, 6) is 0.506. The molecule has 0 bridgehead atoms. The fourth-order valence-corrected chi connectivity index (χ4v) is 2.86. The molecule has 2 N–H and O–H groups in total. The molecule has 0 aliphatic carbocycles. The summed E-state index contributed by atoms with van der Waals surface area (Å²) < 4.78 is 7.86. The van der Waals surface area contributed by atoms with Gasteiger partial charge in [0.1, 0.15) is 0 Å². The Kier molecular flexibility index (Phi) is 4.36. The first kappa shape index (κ1) is 14.3. The van der Waals surface area contributed by atoms with Crippen LogP contribution in [0.2, 0.25) is 0 Å². The second-order valence-electron chi connectivity index (χ2n) is 5.62. The van der Waals surface area contributed by atoms with Crippen molar-refractivity contribution < 1.29 is 4.74 Å². The first-order chi connectivity index (χ1) is 10.3. The summed E-state index contributed by atoms with van der Waals surface area (Å²) in [5.41, 5.74) is 3.55. The smallest absolute Gasteiger partial charge is 0.0896 e. The molecule has 0 spiro atoms. The van der Waals surface area contributed by atoms with E-state index in [2.05, 4.69) is 33.7 Å². The molecule has 0 saturated carbocycles. The van der Waals surface area contributed by atoms with Crippen LogP contribution in [0.5, 0.6) is 0 Å². The quantitative estimate of drug-likeness (QED) is 0.851. The molecular formula is C15H23N5O. The minimum atomic E-state index is 0.170. The Labute approximate surface area is 124 Å². The van der Waals surface area contributed by atoms with E-state index in [1.54, 1.807) is 0 Å². The van der Waals surface area contributed by atoms with E-state index in [0.29, 0.717) is 5.92 Å². The Morgan fingerprint density at radius 3 is 3.10 bits per heavy atom. The van der Waals surface area contributed by atoms with Crippen molar-refractivity contribution in [3.8, 4) is 0 Å². The summed E-state index contributed by atoms with van der Waals surface area (Å²) in [6, 6.07) is 0. The number of aromatic amines is 1. The first-order valence-corrected chi connectivity index (χ1v) is 7.61. The number of ether oxygens (including phenoxy) is 1. The lowest BCUT2D eigenvalue weighted by atomic mass is 9.97. The predicted molar refractivity (Wildman–Crippen MR) is 79.7 cm³/mol. The van der Waals surface area contributed by atoms with Gasteiger partial charge in [-0.05, 0) is 20.3 Å². The summed E-state index contributed by atoms with van der Waals surface area (Å²) in [6.45, 7) is 7.67. The molecule has 1 saturated heterocycles. The van der Waals surface area contributed by atoms with Crippen LogP contribution in [0.1, 0.15) is 36.3 Å². The molecular weight excluding hydrogens is 266 g/mol. The highest BCUT2D eigenvalue weighted by molar-refractivity contribution is 5.14. The van der Waals surface area contributed by atoms with Crippen molar-refractivity contribution in [2.75, 3.05) is 13.2 Å². The molecule has 3 heterocycles. The lowest BCUT2D eigenvalue weighted by Gasteiger charge is -2.17. The maximum absolute atomic E-state index is 5.91. The number of H-pyrrole nitrogens is 1. The molecule has 6 heteroatoms. The zero-order chi connectivity index (χ0) is 14.7. The molecule has 3 rings (SSSR count). The van der Waals surface area contributed by atoms with Crippen LogP contribution in [0.3, 0.4) is 0 Å². The monoisotopic (exact) mass is 289 g/mol. The van der Waals surface area contributed by atoms with Gasteiger partial charge in [-0.2, -0.15) is 10.2 Å². The summed E-state index contributed by atoms with van der Waals surface area (Å²) in [5, 5.41) is 14.9. The van der Waals surface area contributed by atoms with E-state index in [0.717, 1.165) is 38.4 Å². The Morgan fingerprint density at radius 2 is 2.38 bits per heavy atom. The van der Waals surface area contributed by atoms with Gasteiger partial charge in [-0.1, -0.05) is 0 Å². The van der Waals surface area contributed by atoms with Crippen LogP contribution in [0.4, 0.5) is 0 Å². The molecule has 2 aromatic rings.